The normalized spacial score (nSPS) is 21.8. The van der Waals surface area contributed by atoms with Crippen LogP contribution in [0.3, 0.4) is 0 Å². The number of aromatic nitrogens is 1. The molecule has 1 aromatic carbocycles. The summed E-state index contributed by atoms with van der Waals surface area (Å²) in [5.41, 5.74) is 2.45. The van der Waals surface area contributed by atoms with Crippen molar-refractivity contribution in [1.29, 1.82) is 0 Å². The molecule has 1 aromatic heterocycles. The Morgan fingerprint density at radius 2 is 2.00 bits per heavy atom. The SMILES string of the molecule is COc1ccc2c3c([nH]c2c1)[C@@H](CO)N(C(=O)CN1CCOCC1)CC31CN(C(=O)NC(C)C)C1. The number of methoxy groups -OCH3 is 1. The van der Waals surface area contributed by atoms with Gasteiger partial charge in [-0.25, -0.2) is 4.79 Å². The van der Waals surface area contributed by atoms with Crippen LogP contribution >= 0.6 is 0 Å². The highest BCUT2D eigenvalue weighted by Crippen LogP contribution is 2.48. The Bertz CT molecular complexity index is 1100. The van der Waals surface area contributed by atoms with Crippen LogP contribution in [0.1, 0.15) is 31.1 Å². The fraction of sp³-hybridized carbons (Fsp3) is 0.600. The second-order valence-electron chi connectivity index (χ2n) is 10.2. The second-order valence-corrected chi connectivity index (χ2v) is 10.2. The van der Waals surface area contributed by atoms with Gasteiger partial charge in [0.15, 0.2) is 0 Å². The zero-order valence-corrected chi connectivity index (χ0v) is 20.7. The average molecular weight is 486 g/mol. The summed E-state index contributed by atoms with van der Waals surface area (Å²) in [7, 11) is 1.63. The second kappa shape index (κ2) is 9.33. The third-order valence-electron chi connectivity index (χ3n) is 7.39. The summed E-state index contributed by atoms with van der Waals surface area (Å²) in [4.78, 5) is 35.5. The molecule has 35 heavy (non-hydrogen) atoms. The molecule has 1 atom stereocenters. The number of carbonyl (C=O) groups is 2. The van der Waals surface area contributed by atoms with Gasteiger partial charge in [0, 0.05) is 61.4 Å². The predicted molar refractivity (Wildman–Crippen MR) is 131 cm³/mol. The Hall–Kier alpha value is -2.82. The molecule has 2 aromatic rings. The lowest BCUT2D eigenvalue weighted by Gasteiger charge is -2.56. The van der Waals surface area contributed by atoms with Crippen LogP contribution < -0.4 is 10.1 Å². The van der Waals surface area contributed by atoms with Crippen LogP contribution in [0.4, 0.5) is 4.79 Å². The molecule has 3 amide bonds. The monoisotopic (exact) mass is 485 g/mol. The fourth-order valence-corrected chi connectivity index (χ4v) is 5.73. The predicted octanol–water partition coefficient (Wildman–Crippen LogP) is 1.06. The lowest BCUT2D eigenvalue weighted by atomic mass is 9.68. The van der Waals surface area contributed by atoms with E-state index in [1.807, 2.05) is 36.9 Å². The van der Waals surface area contributed by atoms with Crippen LogP contribution in [-0.2, 0) is 14.9 Å². The Morgan fingerprint density at radius 3 is 2.66 bits per heavy atom. The number of amides is 3. The van der Waals surface area contributed by atoms with Gasteiger partial charge in [-0.15, -0.1) is 0 Å². The van der Waals surface area contributed by atoms with Crippen molar-refractivity contribution in [3.8, 4) is 5.75 Å². The highest BCUT2D eigenvalue weighted by Gasteiger charge is 2.55. The highest BCUT2D eigenvalue weighted by atomic mass is 16.5. The summed E-state index contributed by atoms with van der Waals surface area (Å²) in [6.07, 6.45) is 0. The third-order valence-corrected chi connectivity index (χ3v) is 7.39. The number of aromatic amines is 1. The number of benzene rings is 1. The summed E-state index contributed by atoms with van der Waals surface area (Å²) in [6, 6.07) is 5.38. The number of aliphatic hydroxyl groups is 1. The molecule has 5 rings (SSSR count). The molecule has 0 aliphatic carbocycles. The van der Waals surface area contributed by atoms with Gasteiger partial charge in [-0.2, -0.15) is 0 Å². The number of H-pyrrole nitrogens is 1. The molecule has 190 valence electrons. The number of fused-ring (bicyclic) bond motifs is 4. The van der Waals surface area contributed by atoms with Crippen molar-refractivity contribution in [2.75, 3.05) is 66.2 Å². The van der Waals surface area contributed by atoms with E-state index in [4.69, 9.17) is 9.47 Å². The van der Waals surface area contributed by atoms with E-state index in [1.165, 1.54) is 0 Å². The molecule has 3 aliphatic heterocycles. The van der Waals surface area contributed by atoms with E-state index < -0.39 is 11.5 Å². The maximum atomic E-state index is 13.6. The molecule has 10 heteroatoms. The molecule has 0 radical (unpaired) electrons. The van der Waals surface area contributed by atoms with Gasteiger partial charge in [-0.05, 0) is 31.5 Å². The first-order valence-electron chi connectivity index (χ1n) is 12.3. The molecule has 4 heterocycles. The Labute approximate surface area is 205 Å². The number of morpholine rings is 1. The van der Waals surface area contributed by atoms with E-state index in [1.54, 1.807) is 12.0 Å². The number of urea groups is 1. The fourth-order valence-electron chi connectivity index (χ4n) is 5.73. The minimum Gasteiger partial charge on any atom is -0.497 e. The number of rotatable bonds is 5. The molecule has 0 saturated carbocycles. The molecule has 3 N–H and O–H groups in total. The number of nitrogens with zero attached hydrogens (tertiary/aromatic N) is 3. The highest BCUT2D eigenvalue weighted by molar-refractivity contribution is 5.90. The minimum absolute atomic E-state index is 0.0164. The van der Waals surface area contributed by atoms with Gasteiger partial charge in [0.1, 0.15) is 5.75 Å². The smallest absolute Gasteiger partial charge is 0.317 e. The van der Waals surface area contributed by atoms with Crippen LogP contribution in [0.15, 0.2) is 18.2 Å². The first-order valence-corrected chi connectivity index (χ1v) is 12.3. The van der Waals surface area contributed by atoms with Crippen molar-refractivity contribution in [2.45, 2.75) is 31.3 Å². The van der Waals surface area contributed by atoms with Crippen molar-refractivity contribution >= 4 is 22.8 Å². The van der Waals surface area contributed by atoms with Gasteiger partial charge >= 0.3 is 6.03 Å². The summed E-state index contributed by atoms with van der Waals surface area (Å²) >= 11 is 0. The van der Waals surface area contributed by atoms with Crippen LogP contribution in [0.25, 0.3) is 10.9 Å². The quantitative estimate of drug-likeness (QED) is 0.584. The first-order chi connectivity index (χ1) is 16.8. The summed E-state index contributed by atoms with van der Waals surface area (Å²) in [6.45, 7) is 8.14. The van der Waals surface area contributed by atoms with Crippen LogP contribution in [0.2, 0.25) is 0 Å². The van der Waals surface area contributed by atoms with E-state index in [0.29, 0.717) is 32.8 Å². The van der Waals surface area contributed by atoms with Crippen LogP contribution in [0.5, 0.6) is 5.75 Å². The molecule has 2 saturated heterocycles. The van der Waals surface area contributed by atoms with Gasteiger partial charge in [0.25, 0.3) is 0 Å². The lowest BCUT2D eigenvalue weighted by molar-refractivity contribution is -0.140. The summed E-state index contributed by atoms with van der Waals surface area (Å²) in [5, 5.41) is 14.5. The number of nitrogens with one attached hydrogen (secondary N) is 2. The van der Waals surface area contributed by atoms with Crippen molar-refractivity contribution in [1.82, 2.24) is 25.0 Å². The number of carbonyl (C=O) groups excluding carboxylic acids is 2. The van der Waals surface area contributed by atoms with E-state index in [0.717, 1.165) is 41.0 Å². The molecule has 3 aliphatic rings. The molecule has 0 bridgehead atoms. The van der Waals surface area contributed by atoms with E-state index in [9.17, 15) is 14.7 Å². The van der Waals surface area contributed by atoms with Gasteiger partial charge in [-0.1, -0.05) is 0 Å². The molecular weight excluding hydrogens is 450 g/mol. The standard InChI is InChI=1S/C25H35N5O5/c1-16(2)26-24(33)29-13-25(14-29)15-30(21(32)11-28-6-8-35-9-7-28)20(12-31)23-22(25)18-5-4-17(34-3)10-19(18)27-23/h4-5,10,16,20,27,31H,6-9,11-15H2,1-3H3,(H,26,33)/t20-/m1/s1. The molecule has 2 fully saturated rings. The van der Waals surface area contributed by atoms with Crippen LogP contribution in [-0.4, -0.2) is 109 Å². The Kier molecular flexibility index (Phi) is 6.37. The van der Waals surface area contributed by atoms with Crippen LogP contribution in [0, 0.1) is 0 Å². The van der Waals surface area contributed by atoms with Gasteiger partial charge in [-0.3, -0.25) is 9.69 Å². The van der Waals surface area contributed by atoms with Crippen molar-refractivity contribution in [3.05, 3.63) is 29.5 Å². The lowest BCUT2D eigenvalue weighted by Crippen LogP contribution is -2.69. The first kappa shape index (κ1) is 23.9. The summed E-state index contributed by atoms with van der Waals surface area (Å²) in [5.74, 6) is 0.717. The third kappa shape index (κ3) is 4.23. The van der Waals surface area contributed by atoms with Crippen molar-refractivity contribution in [3.63, 3.8) is 0 Å². The molecular formula is C25H35N5O5. The summed E-state index contributed by atoms with van der Waals surface area (Å²) < 4.78 is 10.8. The van der Waals surface area contributed by atoms with Gasteiger partial charge in [0.2, 0.25) is 5.91 Å². The van der Waals surface area contributed by atoms with E-state index in [-0.39, 0.29) is 31.1 Å². The van der Waals surface area contributed by atoms with Crippen molar-refractivity contribution < 1.29 is 24.2 Å². The largest absolute Gasteiger partial charge is 0.497 e. The van der Waals surface area contributed by atoms with E-state index >= 15 is 0 Å². The number of ether oxygens (including phenoxy) is 2. The molecule has 10 nitrogen and oxygen atoms in total. The zero-order chi connectivity index (χ0) is 24.7. The van der Waals surface area contributed by atoms with Gasteiger partial charge in [0.05, 0.1) is 44.9 Å². The number of likely N-dealkylation sites (tertiary alicyclic amines) is 1. The van der Waals surface area contributed by atoms with Crippen molar-refractivity contribution in [2.24, 2.45) is 0 Å². The zero-order valence-electron chi connectivity index (χ0n) is 20.7. The Morgan fingerprint density at radius 1 is 1.26 bits per heavy atom. The molecule has 0 unspecified atom stereocenters. The Balaban J connectivity index is 1.51. The molecule has 1 spiro atoms. The minimum atomic E-state index is -0.471. The number of aliphatic hydroxyl groups excluding tert-OH is 1. The number of hydrogen-bond acceptors (Lipinski definition) is 6. The maximum Gasteiger partial charge on any atom is 0.317 e. The maximum absolute atomic E-state index is 13.6. The topological polar surface area (TPSA) is 110 Å². The average Bonchev–Trinajstić information content (AvgIpc) is 3.20. The number of hydrogen-bond donors (Lipinski definition) is 3. The van der Waals surface area contributed by atoms with E-state index in [2.05, 4.69) is 15.2 Å². The van der Waals surface area contributed by atoms with Gasteiger partial charge < -0.3 is 34.7 Å².